The summed E-state index contributed by atoms with van der Waals surface area (Å²) in [5, 5.41) is 9.22. The van der Waals surface area contributed by atoms with Crippen LogP contribution in [-0.4, -0.2) is 18.3 Å². The van der Waals surface area contributed by atoms with Gasteiger partial charge in [-0.05, 0) is 51.5 Å². The van der Waals surface area contributed by atoms with Crippen LogP contribution in [0.3, 0.4) is 0 Å². The molecule has 0 unspecified atom stereocenters. The second-order valence-corrected chi connectivity index (χ2v) is 7.15. The van der Waals surface area contributed by atoms with E-state index in [1.807, 2.05) is 0 Å². The summed E-state index contributed by atoms with van der Waals surface area (Å²) in [5.41, 5.74) is 1.18. The number of benzene rings is 1. The quantitative estimate of drug-likeness (QED) is 0.783. The summed E-state index contributed by atoms with van der Waals surface area (Å²) in [6.07, 6.45) is 0. The number of hydrogen-bond donors (Lipinski definition) is 2. The Morgan fingerprint density at radius 2 is 1.81 bits per heavy atom. The molecule has 0 fully saturated rings. The molecular formula is C11H17NO3S. The first kappa shape index (κ1) is 12.8. The van der Waals surface area contributed by atoms with E-state index in [1.165, 1.54) is 12.1 Å². The first-order valence-corrected chi connectivity index (χ1v) is 6.44. The lowest BCUT2D eigenvalue weighted by molar-refractivity contribution is 0.475. The van der Waals surface area contributed by atoms with E-state index in [-0.39, 0.29) is 5.75 Å². The van der Waals surface area contributed by atoms with E-state index >= 15 is 0 Å². The topological polar surface area (TPSA) is 66.4 Å². The zero-order valence-electron chi connectivity index (χ0n) is 9.90. The summed E-state index contributed by atoms with van der Waals surface area (Å²) in [6, 6.07) is 4.52. The molecule has 1 aromatic rings. The largest absolute Gasteiger partial charge is 0.508 e. The van der Waals surface area contributed by atoms with Gasteiger partial charge in [-0.3, -0.25) is 4.72 Å². The first-order chi connectivity index (χ1) is 7.13. The minimum atomic E-state index is -3.42. The summed E-state index contributed by atoms with van der Waals surface area (Å²) in [6.45, 7) is 6.63. The molecule has 16 heavy (non-hydrogen) atoms. The van der Waals surface area contributed by atoms with Crippen LogP contribution in [-0.2, 0) is 10.0 Å². The molecule has 1 rings (SSSR count). The van der Waals surface area contributed by atoms with Crippen molar-refractivity contribution in [2.75, 3.05) is 4.72 Å². The number of anilines is 1. The van der Waals surface area contributed by atoms with Crippen LogP contribution in [0.15, 0.2) is 18.2 Å². The molecule has 0 bridgehead atoms. The van der Waals surface area contributed by atoms with Crippen molar-refractivity contribution in [1.82, 2.24) is 0 Å². The second kappa shape index (κ2) is 3.97. The van der Waals surface area contributed by atoms with Gasteiger partial charge in [0.15, 0.2) is 0 Å². The van der Waals surface area contributed by atoms with E-state index in [1.54, 1.807) is 33.8 Å². The highest BCUT2D eigenvalue weighted by Gasteiger charge is 2.29. The van der Waals surface area contributed by atoms with E-state index in [0.29, 0.717) is 11.3 Å². The number of aromatic hydroxyl groups is 1. The number of sulfonamides is 1. The molecule has 0 atom stereocenters. The van der Waals surface area contributed by atoms with Crippen molar-refractivity contribution in [3.05, 3.63) is 23.8 Å². The molecule has 0 heterocycles. The van der Waals surface area contributed by atoms with E-state index in [0.717, 1.165) is 0 Å². The highest BCUT2D eigenvalue weighted by Crippen LogP contribution is 2.24. The van der Waals surface area contributed by atoms with Crippen LogP contribution in [0.2, 0.25) is 0 Å². The molecule has 0 spiro atoms. The fourth-order valence-electron chi connectivity index (χ4n) is 1.06. The minimum absolute atomic E-state index is 0.121. The molecule has 0 aliphatic heterocycles. The van der Waals surface area contributed by atoms with E-state index < -0.39 is 14.8 Å². The van der Waals surface area contributed by atoms with Gasteiger partial charge in [0.25, 0.3) is 0 Å². The van der Waals surface area contributed by atoms with E-state index in [9.17, 15) is 13.5 Å². The van der Waals surface area contributed by atoms with Gasteiger partial charge in [0, 0.05) is 0 Å². The van der Waals surface area contributed by atoms with Crippen molar-refractivity contribution in [3.63, 3.8) is 0 Å². The molecule has 0 radical (unpaired) electrons. The summed E-state index contributed by atoms with van der Waals surface area (Å²) >= 11 is 0. The molecule has 4 nitrogen and oxygen atoms in total. The Morgan fingerprint density at radius 1 is 1.25 bits per heavy atom. The molecule has 0 aliphatic rings. The number of hydrogen-bond acceptors (Lipinski definition) is 3. The third-order valence-corrected chi connectivity index (χ3v) is 4.36. The zero-order chi connectivity index (χ0) is 12.6. The maximum absolute atomic E-state index is 11.9. The summed E-state index contributed by atoms with van der Waals surface area (Å²) in [5.74, 6) is 0.121. The number of phenolic OH excluding ortho intramolecular Hbond substituents is 1. The Balaban J connectivity index is 3.07. The Kier molecular flexibility index (Phi) is 3.19. The highest BCUT2D eigenvalue weighted by atomic mass is 32.2. The molecule has 0 amide bonds. The third-order valence-electron chi connectivity index (χ3n) is 2.26. The van der Waals surface area contributed by atoms with Gasteiger partial charge in [-0.2, -0.15) is 0 Å². The van der Waals surface area contributed by atoms with Gasteiger partial charge >= 0.3 is 0 Å². The van der Waals surface area contributed by atoms with Crippen LogP contribution in [0.4, 0.5) is 5.69 Å². The highest BCUT2D eigenvalue weighted by molar-refractivity contribution is 7.94. The monoisotopic (exact) mass is 243 g/mol. The molecule has 1 aromatic carbocycles. The average molecular weight is 243 g/mol. The third kappa shape index (κ3) is 2.66. The van der Waals surface area contributed by atoms with Gasteiger partial charge < -0.3 is 5.11 Å². The van der Waals surface area contributed by atoms with Crippen LogP contribution in [0.25, 0.3) is 0 Å². The normalized spacial score (nSPS) is 12.5. The lowest BCUT2D eigenvalue weighted by Crippen LogP contribution is -2.33. The van der Waals surface area contributed by atoms with Crippen molar-refractivity contribution >= 4 is 15.7 Å². The maximum atomic E-state index is 11.9. The number of nitrogens with one attached hydrogen (secondary N) is 1. The Labute approximate surface area is 96.4 Å². The lowest BCUT2D eigenvalue weighted by Gasteiger charge is -2.21. The van der Waals surface area contributed by atoms with Crippen molar-refractivity contribution in [1.29, 1.82) is 0 Å². The summed E-state index contributed by atoms with van der Waals surface area (Å²) in [7, 11) is -3.42. The van der Waals surface area contributed by atoms with Crippen LogP contribution in [0.1, 0.15) is 26.3 Å². The lowest BCUT2D eigenvalue weighted by atomic mass is 10.2. The Bertz CT molecular complexity index is 486. The number of aryl methyl sites for hydroxylation is 1. The Hall–Kier alpha value is -1.23. The van der Waals surface area contributed by atoms with Gasteiger partial charge in [0.2, 0.25) is 10.0 Å². The molecule has 5 heteroatoms. The predicted octanol–water partition coefficient (Wildman–Crippen LogP) is 2.24. The van der Waals surface area contributed by atoms with Gasteiger partial charge in [-0.1, -0.05) is 0 Å². The first-order valence-electron chi connectivity index (χ1n) is 4.95. The van der Waals surface area contributed by atoms with Crippen molar-refractivity contribution < 1.29 is 13.5 Å². The predicted molar refractivity (Wildman–Crippen MR) is 65.1 cm³/mol. The van der Waals surface area contributed by atoms with E-state index in [4.69, 9.17) is 0 Å². The van der Waals surface area contributed by atoms with Crippen LogP contribution < -0.4 is 4.72 Å². The molecule has 2 N–H and O–H groups in total. The molecule has 0 saturated heterocycles. The fraction of sp³-hybridized carbons (Fsp3) is 0.455. The van der Waals surface area contributed by atoms with Gasteiger partial charge in [-0.25, -0.2) is 8.42 Å². The Morgan fingerprint density at radius 3 is 2.25 bits per heavy atom. The zero-order valence-corrected chi connectivity index (χ0v) is 10.7. The van der Waals surface area contributed by atoms with Crippen molar-refractivity contribution in [2.24, 2.45) is 0 Å². The average Bonchev–Trinajstić information content (AvgIpc) is 2.08. The van der Waals surface area contributed by atoms with Crippen LogP contribution in [0, 0.1) is 6.92 Å². The standard InChI is InChI=1S/C11H17NO3S/c1-8-7-9(13)5-6-10(8)12-16(14,15)11(2,3)4/h5-7,12-13H,1-4H3. The van der Waals surface area contributed by atoms with Crippen molar-refractivity contribution in [2.45, 2.75) is 32.4 Å². The number of rotatable bonds is 2. The van der Waals surface area contributed by atoms with Crippen molar-refractivity contribution in [3.8, 4) is 5.75 Å². The van der Waals surface area contributed by atoms with Gasteiger partial charge in [0.05, 0.1) is 10.4 Å². The summed E-state index contributed by atoms with van der Waals surface area (Å²) < 4.78 is 25.4. The SMILES string of the molecule is Cc1cc(O)ccc1NS(=O)(=O)C(C)(C)C. The molecule has 0 saturated carbocycles. The second-order valence-electron chi connectivity index (χ2n) is 4.72. The van der Waals surface area contributed by atoms with Crippen LogP contribution >= 0.6 is 0 Å². The minimum Gasteiger partial charge on any atom is -0.508 e. The molecule has 90 valence electrons. The summed E-state index contributed by atoms with van der Waals surface area (Å²) in [4.78, 5) is 0. The number of phenols is 1. The van der Waals surface area contributed by atoms with Crippen LogP contribution in [0.5, 0.6) is 5.75 Å². The molecular weight excluding hydrogens is 226 g/mol. The fourth-order valence-corrected chi connectivity index (χ4v) is 1.88. The molecule has 0 aromatic heterocycles. The van der Waals surface area contributed by atoms with E-state index in [2.05, 4.69) is 4.72 Å². The molecule has 0 aliphatic carbocycles. The smallest absolute Gasteiger partial charge is 0.237 e. The van der Waals surface area contributed by atoms with Gasteiger partial charge in [-0.15, -0.1) is 0 Å². The van der Waals surface area contributed by atoms with Gasteiger partial charge in [0.1, 0.15) is 5.75 Å². The maximum Gasteiger partial charge on any atom is 0.237 e.